The van der Waals surface area contributed by atoms with Crippen LogP contribution in [0.2, 0.25) is 0 Å². The number of nitrogens with zero attached hydrogens (tertiary/aromatic N) is 1. The lowest BCUT2D eigenvalue weighted by molar-refractivity contribution is -0.384. The van der Waals surface area contributed by atoms with Gasteiger partial charge in [-0.3, -0.25) is 10.1 Å². The van der Waals surface area contributed by atoms with E-state index in [0.717, 1.165) is 19.3 Å². The van der Waals surface area contributed by atoms with E-state index < -0.39 is 4.92 Å². The number of hydrogen-bond acceptors (Lipinski definition) is 4. The Morgan fingerprint density at radius 2 is 2.24 bits per heavy atom. The maximum absolute atomic E-state index is 10.9. The smallest absolute Gasteiger partial charge is 0.293 e. The highest BCUT2D eigenvalue weighted by Gasteiger charge is 2.32. The Labute approximate surface area is 108 Å². The number of halogens is 1. The molecule has 0 atom stereocenters. The van der Waals surface area contributed by atoms with E-state index in [1.807, 2.05) is 0 Å². The summed E-state index contributed by atoms with van der Waals surface area (Å²) < 4.78 is 0.695. The maximum atomic E-state index is 10.9. The van der Waals surface area contributed by atoms with Gasteiger partial charge in [0.25, 0.3) is 5.69 Å². The molecule has 1 saturated carbocycles. The standard InChI is InChI=1S/C11H14BrN3O2/c12-8-2-3-9(10(6-8)15(16)17)14-7-11(13)4-1-5-11/h2-3,6,14H,1,4-5,7,13H2. The van der Waals surface area contributed by atoms with E-state index >= 15 is 0 Å². The third-order valence-electron chi connectivity index (χ3n) is 3.14. The fraction of sp³-hybridized carbons (Fsp3) is 0.455. The van der Waals surface area contributed by atoms with Gasteiger partial charge in [0, 0.05) is 22.6 Å². The highest BCUT2D eigenvalue weighted by atomic mass is 79.9. The summed E-state index contributed by atoms with van der Waals surface area (Å²) in [5.74, 6) is 0. The summed E-state index contributed by atoms with van der Waals surface area (Å²) in [5.41, 5.74) is 6.47. The topological polar surface area (TPSA) is 81.2 Å². The lowest BCUT2D eigenvalue weighted by Crippen LogP contribution is -2.52. The molecule has 1 aliphatic carbocycles. The van der Waals surface area contributed by atoms with Crippen LogP contribution in [0.3, 0.4) is 0 Å². The largest absolute Gasteiger partial charge is 0.378 e. The molecule has 0 bridgehead atoms. The second kappa shape index (κ2) is 4.62. The molecular weight excluding hydrogens is 286 g/mol. The van der Waals surface area contributed by atoms with Crippen LogP contribution in [0, 0.1) is 10.1 Å². The molecule has 2 rings (SSSR count). The first-order valence-electron chi connectivity index (χ1n) is 5.47. The summed E-state index contributed by atoms with van der Waals surface area (Å²) in [4.78, 5) is 10.5. The molecule has 0 heterocycles. The van der Waals surface area contributed by atoms with E-state index in [-0.39, 0.29) is 11.2 Å². The van der Waals surface area contributed by atoms with Crippen molar-refractivity contribution in [3.8, 4) is 0 Å². The van der Waals surface area contributed by atoms with Crippen molar-refractivity contribution in [1.82, 2.24) is 0 Å². The number of rotatable bonds is 4. The van der Waals surface area contributed by atoms with Crippen molar-refractivity contribution in [3.05, 3.63) is 32.8 Å². The third kappa shape index (κ3) is 2.76. The van der Waals surface area contributed by atoms with E-state index in [0.29, 0.717) is 16.7 Å². The van der Waals surface area contributed by atoms with Crippen LogP contribution in [-0.4, -0.2) is 17.0 Å². The molecule has 1 aromatic rings. The van der Waals surface area contributed by atoms with Crippen molar-refractivity contribution in [2.45, 2.75) is 24.8 Å². The Bertz CT molecular complexity index is 446. The second-order valence-corrected chi connectivity index (χ2v) is 5.40. The van der Waals surface area contributed by atoms with E-state index in [1.165, 1.54) is 6.07 Å². The predicted octanol–water partition coefficient (Wildman–Crippen LogP) is 2.65. The summed E-state index contributed by atoms with van der Waals surface area (Å²) in [7, 11) is 0. The lowest BCUT2D eigenvalue weighted by Gasteiger charge is -2.38. The molecule has 0 spiro atoms. The van der Waals surface area contributed by atoms with Crippen molar-refractivity contribution < 1.29 is 4.92 Å². The van der Waals surface area contributed by atoms with Crippen molar-refractivity contribution >= 4 is 27.3 Å². The average Bonchev–Trinajstić information content (AvgIpc) is 2.24. The molecule has 0 aromatic heterocycles. The van der Waals surface area contributed by atoms with Crippen LogP contribution >= 0.6 is 15.9 Å². The van der Waals surface area contributed by atoms with Gasteiger partial charge in [0.2, 0.25) is 0 Å². The molecule has 6 heteroatoms. The molecule has 0 amide bonds. The fourth-order valence-corrected chi connectivity index (χ4v) is 2.23. The molecule has 0 radical (unpaired) electrons. The van der Waals surface area contributed by atoms with Crippen LogP contribution < -0.4 is 11.1 Å². The molecule has 0 aliphatic heterocycles. The molecule has 92 valence electrons. The van der Waals surface area contributed by atoms with Crippen LogP contribution in [0.4, 0.5) is 11.4 Å². The van der Waals surface area contributed by atoms with Gasteiger partial charge in [-0.15, -0.1) is 0 Å². The predicted molar refractivity (Wildman–Crippen MR) is 70.1 cm³/mol. The Hall–Kier alpha value is -1.14. The molecule has 1 aliphatic rings. The summed E-state index contributed by atoms with van der Waals surface area (Å²) >= 11 is 3.22. The van der Waals surface area contributed by atoms with Gasteiger partial charge >= 0.3 is 0 Å². The van der Waals surface area contributed by atoms with E-state index in [9.17, 15) is 10.1 Å². The zero-order chi connectivity index (χ0) is 12.5. The summed E-state index contributed by atoms with van der Waals surface area (Å²) in [6, 6.07) is 4.97. The molecule has 1 aromatic carbocycles. The van der Waals surface area contributed by atoms with Crippen LogP contribution in [0.25, 0.3) is 0 Å². The van der Waals surface area contributed by atoms with Crippen LogP contribution in [0.15, 0.2) is 22.7 Å². The third-order valence-corrected chi connectivity index (χ3v) is 3.63. The molecule has 0 unspecified atom stereocenters. The number of nitro benzene ring substituents is 1. The minimum absolute atomic E-state index is 0.0716. The molecule has 3 N–H and O–H groups in total. The van der Waals surface area contributed by atoms with Crippen LogP contribution in [0.1, 0.15) is 19.3 Å². The number of anilines is 1. The van der Waals surface area contributed by atoms with Gasteiger partial charge in [-0.05, 0) is 31.4 Å². The SMILES string of the molecule is NC1(CNc2ccc(Br)cc2[N+](=O)[O-])CCC1. The van der Waals surface area contributed by atoms with E-state index in [2.05, 4.69) is 21.2 Å². The lowest BCUT2D eigenvalue weighted by atomic mass is 9.78. The Balaban J connectivity index is 2.12. The van der Waals surface area contributed by atoms with E-state index in [1.54, 1.807) is 12.1 Å². The second-order valence-electron chi connectivity index (χ2n) is 4.49. The first-order valence-corrected chi connectivity index (χ1v) is 6.26. The number of nitrogens with one attached hydrogen (secondary N) is 1. The van der Waals surface area contributed by atoms with Crippen molar-refractivity contribution in [2.24, 2.45) is 5.73 Å². The van der Waals surface area contributed by atoms with Gasteiger partial charge in [0.05, 0.1) is 4.92 Å². The number of hydrogen-bond donors (Lipinski definition) is 2. The Kier molecular flexibility index (Phi) is 3.35. The average molecular weight is 300 g/mol. The summed E-state index contributed by atoms with van der Waals surface area (Å²) in [6.45, 7) is 0.579. The summed E-state index contributed by atoms with van der Waals surface area (Å²) in [5, 5.41) is 14.0. The highest BCUT2D eigenvalue weighted by molar-refractivity contribution is 9.10. The van der Waals surface area contributed by atoms with Crippen molar-refractivity contribution in [2.75, 3.05) is 11.9 Å². The van der Waals surface area contributed by atoms with Gasteiger partial charge in [-0.1, -0.05) is 15.9 Å². The van der Waals surface area contributed by atoms with Crippen molar-refractivity contribution in [3.63, 3.8) is 0 Å². The maximum Gasteiger partial charge on any atom is 0.293 e. The fourth-order valence-electron chi connectivity index (χ4n) is 1.88. The number of nitrogens with two attached hydrogens (primary N) is 1. The molecule has 5 nitrogen and oxygen atoms in total. The number of nitro groups is 1. The normalized spacial score (nSPS) is 17.3. The number of benzene rings is 1. The molecule has 17 heavy (non-hydrogen) atoms. The highest BCUT2D eigenvalue weighted by Crippen LogP contribution is 2.32. The van der Waals surface area contributed by atoms with Gasteiger partial charge in [0.1, 0.15) is 5.69 Å². The summed E-state index contributed by atoms with van der Waals surface area (Å²) in [6.07, 6.45) is 3.09. The van der Waals surface area contributed by atoms with Crippen LogP contribution in [-0.2, 0) is 0 Å². The van der Waals surface area contributed by atoms with Gasteiger partial charge in [-0.2, -0.15) is 0 Å². The van der Waals surface area contributed by atoms with Gasteiger partial charge < -0.3 is 11.1 Å². The molecule has 0 saturated heterocycles. The molecular formula is C11H14BrN3O2. The zero-order valence-corrected chi connectivity index (χ0v) is 10.9. The first-order chi connectivity index (χ1) is 8.00. The quantitative estimate of drug-likeness (QED) is 0.661. The Morgan fingerprint density at radius 3 is 2.76 bits per heavy atom. The zero-order valence-electron chi connectivity index (χ0n) is 9.28. The first kappa shape index (κ1) is 12.3. The monoisotopic (exact) mass is 299 g/mol. The van der Waals surface area contributed by atoms with Crippen LogP contribution in [0.5, 0.6) is 0 Å². The molecule has 1 fully saturated rings. The van der Waals surface area contributed by atoms with Gasteiger partial charge in [0.15, 0.2) is 0 Å². The minimum Gasteiger partial charge on any atom is -0.378 e. The Morgan fingerprint density at radius 1 is 1.53 bits per heavy atom. The minimum atomic E-state index is -0.392. The van der Waals surface area contributed by atoms with Crippen molar-refractivity contribution in [1.29, 1.82) is 0 Å². The van der Waals surface area contributed by atoms with Gasteiger partial charge in [-0.25, -0.2) is 0 Å². The van der Waals surface area contributed by atoms with E-state index in [4.69, 9.17) is 5.73 Å².